The fraction of sp³-hybridized carbons (Fsp3) is 0.846. The van der Waals surface area contributed by atoms with Gasteiger partial charge >= 0.3 is 12.0 Å². The fourth-order valence-corrected chi connectivity index (χ4v) is 1.72. The standard InChI is InChI=1S/C13H24N2O5/c1-19-7-8-20-6-2-5-14-13(18)15(10-12(16)17)9-11-3-4-11/h11H,2-10H2,1H3,(H,14,18)(H,16,17). The number of nitrogens with zero attached hydrogens (tertiary/aromatic N) is 1. The molecule has 2 amide bonds. The van der Waals surface area contributed by atoms with Crippen LogP contribution in [0.2, 0.25) is 0 Å². The second kappa shape index (κ2) is 9.55. The Kier molecular flexibility index (Phi) is 7.98. The molecule has 0 radical (unpaired) electrons. The molecule has 2 N–H and O–H groups in total. The molecule has 20 heavy (non-hydrogen) atoms. The van der Waals surface area contributed by atoms with Gasteiger partial charge in [-0.05, 0) is 25.2 Å². The van der Waals surface area contributed by atoms with Gasteiger partial charge in [-0.25, -0.2) is 4.79 Å². The van der Waals surface area contributed by atoms with E-state index in [1.165, 1.54) is 4.90 Å². The van der Waals surface area contributed by atoms with Gasteiger partial charge in [0, 0.05) is 26.8 Å². The maximum absolute atomic E-state index is 11.9. The number of carbonyl (C=O) groups is 2. The number of rotatable bonds is 11. The molecular formula is C13H24N2O5. The number of aliphatic carboxylic acids is 1. The summed E-state index contributed by atoms with van der Waals surface area (Å²) in [6.07, 6.45) is 2.85. The van der Waals surface area contributed by atoms with E-state index in [2.05, 4.69) is 5.32 Å². The molecule has 1 aliphatic rings. The van der Waals surface area contributed by atoms with Gasteiger partial charge in [0.2, 0.25) is 0 Å². The van der Waals surface area contributed by atoms with E-state index in [4.69, 9.17) is 14.6 Å². The first-order chi connectivity index (χ1) is 9.63. The van der Waals surface area contributed by atoms with Crippen LogP contribution in [-0.2, 0) is 14.3 Å². The molecule has 7 nitrogen and oxygen atoms in total. The lowest BCUT2D eigenvalue weighted by Gasteiger charge is -2.21. The SMILES string of the molecule is COCCOCCCNC(=O)N(CC(=O)O)CC1CC1. The molecule has 0 aromatic carbocycles. The summed E-state index contributed by atoms with van der Waals surface area (Å²) in [5.74, 6) is -0.513. The highest BCUT2D eigenvalue weighted by Crippen LogP contribution is 2.29. The van der Waals surface area contributed by atoms with Crippen LogP contribution in [-0.4, -0.2) is 68.6 Å². The third-order valence-electron chi connectivity index (χ3n) is 2.96. The number of ether oxygens (including phenoxy) is 2. The Hall–Kier alpha value is -1.34. The number of hydrogen-bond donors (Lipinski definition) is 2. The number of methoxy groups -OCH3 is 1. The van der Waals surface area contributed by atoms with Crippen LogP contribution in [0, 0.1) is 5.92 Å². The number of urea groups is 1. The van der Waals surface area contributed by atoms with Crippen molar-refractivity contribution in [2.45, 2.75) is 19.3 Å². The second-order valence-corrected chi connectivity index (χ2v) is 4.91. The number of amides is 2. The van der Waals surface area contributed by atoms with E-state index in [-0.39, 0.29) is 12.6 Å². The van der Waals surface area contributed by atoms with Crippen LogP contribution in [0.25, 0.3) is 0 Å². The van der Waals surface area contributed by atoms with Crippen LogP contribution in [0.4, 0.5) is 4.79 Å². The lowest BCUT2D eigenvalue weighted by molar-refractivity contribution is -0.137. The minimum Gasteiger partial charge on any atom is -0.480 e. The summed E-state index contributed by atoms with van der Waals surface area (Å²) in [5.41, 5.74) is 0. The van der Waals surface area contributed by atoms with Crippen LogP contribution in [0.3, 0.4) is 0 Å². The third kappa shape index (κ3) is 7.96. The van der Waals surface area contributed by atoms with Crippen LogP contribution in [0.15, 0.2) is 0 Å². The zero-order chi connectivity index (χ0) is 14.8. The fourth-order valence-electron chi connectivity index (χ4n) is 1.72. The molecule has 0 bridgehead atoms. The van der Waals surface area contributed by atoms with Crippen molar-refractivity contribution in [3.8, 4) is 0 Å². The molecular weight excluding hydrogens is 264 g/mol. The van der Waals surface area contributed by atoms with E-state index in [9.17, 15) is 9.59 Å². The van der Waals surface area contributed by atoms with Crippen molar-refractivity contribution in [1.29, 1.82) is 0 Å². The Bertz CT molecular complexity index is 307. The molecule has 0 atom stereocenters. The molecule has 0 aliphatic heterocycles. The zero-order valence-electron chi connectivity index (χ0n) is 12.0. The van der Waals surface area contributed by atoms with E-state index < -0.39 is 5.97 Å². The maximum atomic E-state index is 11.9. The highest BCUT2D eigenvalue weighted by atomic mass is 16.5. The smallest absolute Gasteiger partial charge is 0.323 e. The predicted molar refractivity (Wildman–Crippen MR) is 72.6 cm³/mol. The van der Waals surface area contributed by atoms with Gasteiger partial charge in [0.1, 0.15) is 6.54 Å². The molecule has 0 heterocycles. The topological polar surface area (TPSA) is 88.1 Å². The molecule has 116 valence electrons. The molecule has 0 saturated heterocycles. The highest BCUT2D eigenvalue weighted by Gasteiger charge is 2.27. The lowest BCUT2D eigenvalue weighted by atomic mass is 10.3. The van der Waals surface area contributed by atoms with Crippen molar-refractivity contribution in [3.05, 3.63) is 0 Å². The normalized spacial score (nSPS) is 14.1. The van der Waals surface area contributed by atoms with Crippen LogP contribution >= 0.6 is 0 Å². The summed E-state index contributed by atoms with van der Waals surface area (Å²) < 4.78 is 10.1. The maximum Gasteiger partial charge on any atom is 0.323 e. The van der Waals surface area contributed by atoms with Gasteiger partial charge in [-0.15, -0.1) is 0 Å². The Morgan fingerprint density at radius 3 is 2.65 bits per heavy atom. The van der Waals surface area contributed by atoms with Crippen molar-refractivity contribution >= 4 is 12.0 Å². The molecule has 0 unspecified atom stereocenters. The minimum atomic E-state index is -0.983. The van der Waals surface area contributed by atoms with Crippen molar-refractivity contribution in [2.24, 2.45) is 5.92 Å². The first-order valence-corrected chi connectivity index (χ1v) is 6.94. The summed E-state index contributed by atoms with van der Waals surface area (Å²) in [6, 6.07) is -0.309. The first-order valence-electron chi connectivity index (χ1n) is 6.94. The van der Waals surface area contributed by atoms with Crippen molar-refractivity contribution in [1.82, 2.24) is 10.2 Å². The monoisotopic (exact) mass is 288 g/mol. The van der Waals surface area contributed by atoms with Crippen molar-refractivity contribution < 1.29 is 24.2 Å². The molecule has 7 heteroatoms. The van der Waals surface area contributed by atoms with E-state index in [1.807, 2.05) is 0 Å². The zero-order valence-corrected chi connectivity index (χ0v) is 12.0. The molecule has 1 aliphatic carbocycles. The summed E-state index contributed by atoms with van der Waals surface area (Å²) >= 11 is 0. The Balaban J connectivity index is 2.12. The highest BCUT2D eigenvalue weighted by molar-refractivity contribution is 5.80. The number of hydrogen-bond acceptors (Lipinski definition) is 4. The average molecular weight is 288 g/mol. The van der Waals surface area contributed by atoms with Gasteiger partial charge in [-0.2, -0.15) is 0 Å². The Labute approximate surface area is 119 Å². The molecule has 0 aromatic rings. The lowest BCUT2D eigenvalue weighted by Crippen LogP contribution is -2.44. The van der Waals surface area contributed by atoms with E-state index in [0.717, 1.165) is 12.8 Å². The minimum absolute atomic E-state index is 0.243. The van der Waals surface area contributed by atoms with Gasteiger partial charge in [0.05, 0.1) is 13.2 Å². The summed E-state index contributed by atoms with van der Waals surface area (Å²) in [4.78, 5) is 24.0. The number of carboxylic acids is 1. The van der Waals surface area contributed by atoms with E-state index in [0.29, 0.717) is 45.2 Å². The largest absolute Gasteiger partial charge is 0.480 e. The molecule has 0 aromatic heterocycles. The number of nitrogens with one attached hydrogen (secondary N) is 1. The molecule has 1 rings (SSSR count). The van der Waals surface area contributed by atoms with Gasteiger partial charge in [0.25, 0.3) is 0 Å². The predicted octanol–water partition coefficient (Wildman–Crippen LogP) is 0.546. The van der Waals surface area contributed by atoms with E-state index in [1.54, 1.807) is 7.11 Å². The van der Waals surface area contributed by atoms with Crippen LogP contribution in [0.1, 0.15) is 19.3 Å². The van der Waals surface area contributed by atoms with E-state index >= 15 is 0 Å². The molecule has 0 spiro atoms. The summed E-state index contributed by atoms with van der Waals surface area (Å²) in [5, 5.41) is 11.5. The van der Waals surface area contributed by atoms with Crippen molar-refractivity contribution in [3.63, 3.8) is 0 Å². The number of carboxylic acid groups (broad SMARTS) is 1. The van der Waals surface area contributed by atoms with Gasteiger partial charge in [-0.3, -0.25) is 4.79 Å². The van der Waals surface area contributed by atoms with Gasteiger partial charge in [-0.1, -0.05) is 0 Å². The molecule has 1 saturated carbocycles. The first kappa shape index (κ1) is 16.7. The molecule has 1 fully saturated rings. The van der Waals surface area contributed by atoms with Gasteiger partial charge < -0.3 is 24.8 Å². The van der Waals surface area contributed by atoms with Crippen LogP contribution in [0.5, 0.6) is 0 Å². The third-order valence-corrected chi connectivity index (χ3v) is 2.96. The summed E-state index contributed by atoms with van der Waals surface area (Å²) in [6.45, 7) is 2.41. The Morgan fingerprint density at radius 2 is 2.05 bits per heavy atom. The van der Waals surface area contributed by atoms with Crippen molar-refractivity contribution in [2.75, 3.05) is 46.6 Å². The second-order valence-electron chi connectivity index (χ2n) is 4.91. The quantitative estimate of drug-likeness (QED) is 0.542. The Morgan fingerprint density at radius 1 is 1.30 bits per heavy atom. The van der Waals surface area contributed by atoms with Gasteiger partial charge in [0.15, 0.2) is 0 Å². The average Bonchev–Trinajstić information content (AvgIpc) is 3.20. The summed E-state index contributed by atoms with van der Waals surface area (Å²) in [7, 11) is 1.61. The van der Waals surface area contributed by atoms with Crippen LogP contribution < -0.4 is 5.32 Å². The number of carbonyl (C=O) groups excluding carboxylic acids is 1.